The van der Waals surface area contributed by atoms with E-state index in [0.29, 0.717) is 11.7 Å². The first-order chi connectivity index (χ1) is 8.52. The second-order valence-corrected chi connectivity index (χ2v) is 5.78. The minimum absolute atomic E-state index is 0.415. The van der Waals surface area contributed by atoms with Crippen LogP contribution >= 0.6 is 11.3 Å². The van der Waals surface area contributed by atoms with Gasteiger partial charge in [0.05, 0.1) is 7.11 Å². The standard InChI is InChI=1S/C14H18N2OS/c1-8(2)11-7-10(5-6-12(11)17-4)14-16-13(15)9(3)18-14/h5-8H,15H2,1-4H3. The molecule has 0 aliphatic rings. The summed E-state index contributed by atoms with van der Waals surface area (Å²) in [6, 6.07) is 6.17. The average molecular weight is 262 g/mol. The van der Waals surface area contributed by atoms with E-state index >= 15 is 0 Å². The molecule has 18 heavy (non-hydrogen) atoms. The molecule has 0 atom stereocenters. The SMILES string of the molecule is COc1ccc(-c2nc(N)c(C)s2)cc1C(C)C. The summed E-state index contributed by atoms with van der Waals surface area (Å²) in [6.07, 6.45) is 0. The summed E-state index contributed by atoms with van der Waals surface area (Å²) in [7, 11) is 1.70. The molecule has 3 nitrogen and oxygen atoms in total. The van der Waals surface area contributed by atoms with Crippen LogP contribution in [0.15, 0.2) is 18.2 Å². The lowest BCUT2D eigenvalue weighted by Crippen LogP contribution is -1.95. The Morgan fingerprint density at radius 3 is 2.56 bits per heavy atom. The van der Waals surface area contributed by atoms with E-state index in [9.17, 15) is 0 Å². The third kappa shape index (κ3) is 2.34. The number of ether oxygens (including phenoxy) is 1. The smallest absolute Gasteiger partial charge is 0.138 e. The second kappa shape index (κ2) is 4.98. The number of aromatic nitrogens is 1. The zero-order valence-electron chi connectivity index (χ0n) is 11.2. The molecule has 4 heteroatoms. The topological polar surface area (TPSA) is 48.1 Å². The van der Waals surface area contributed by atoms with Gasteiger partial charge in [0.15, 0.2) is 0 Å². The molecule has 1 aromatic heterocycles. The second-order valence-electron chi connectivity index (χ2n) is 4.57. The highest BCUT2D eigenvalue weighted by molar-refractivity contribution is 7.15. The number of nitrogens with zero attached hydrogens (tertiary/aromatic N) is 1. The molecule has 0 radical (unpaired) electrons. The summed E-state index contributed by atoms with van der Waals surface area (Å²) in [4.78, 5) is 5.45. The molecule has 2 aromatic rings. The first kappa shape index (κ1) is 12.9. The van der Waals surface area contributed by atoms with Crippen LogP contribution in [0, 0.1) is 6.92 Å². The fraction of sp³-hybridized carbons (Fsp3) is 0.357. The number of thiazole rings is 1. The van der Waals surface area contributed by atoms with E-state index in [1.165, 1.54) is 5.56 Å². The lowest BCUT2D eigenvalue weighted by atomic mass is 10.00. The third-order valence-corrected chi connectivity index (χ3v) is 3.97. The third-order valence-electron chi connectivity index (χ3n) is 2.93. The average Bonchev–Trinajstić information content (AvgIpc) is 2.68. The van der Waals surface area contributed by atoms with Crippen LogP contribution < -0.4 is 10.5 Å². The number of hydrogen-bond acceptors (Lipinski definition) is 4. The number of nitrogen functional groups attached to an aromatic ring is 1. The number of anilines is 1. The van der Waals surface area contributed by atoms with Crippen LogP contribution in [0.2, 0.25) is 0 Å². The van der Waals surface area contributed by atoms with Crippen LogP contribution in [0.1, 0.15) is 30.2 Å². The molecule has 0 bridgehead atoms. The van der Waals surface area contributed by atoms with E-state index in [1.807, 2.05) is 19.1 Å². The number of rotatable bonds is 3. The Morgan fingerprint density at radius 2 is 2.06 bits per heavy atom. The molecule has 0 aliphatic carbocycles. The predicted molar refractivity (Wildman–Crippen MR) is 77.3 cm³/mol. The van der Waals surface area contributed by atoms with Gasteiger partial charge in [-0.3, -0.25) is 0 Å². The van der Waals surface area contributed by atoms with Crippen molar-refractivity contribution in [2.45, 2.75) is 26.7 Å². The van der Waals surface area contributed by atoms with Crippen molar-refractivity contribution in [1.82, 2.24) is 4.98 Å². The fourth-order valence-electron chi connectivity index (χ4n) is 1.85. The van der Waals surface area contributed by atoms with Crippen molar-refractivity contribution in [1.29, 1.82) is 0 Å². The molecule has 0 spiro atoms. The van der Waals surface area contributed by atoms with Crippen LogP contribution in [0.3, 0.4) is 0 Å². The van der Waals surface area contributed by atoms with E-state index in [-0.39, 0.29) is 0 Å². The molecule has 0 fully saturated rings. The molecule has 1 heterocycles. The van der Waals surface area contributed by atoms with Crippen molar-refractivity contribution in [3.8, 4) is 16.3 Å². The lowest BCUT2D eigenvalue weighted by molar-refractivity contribution is 0.407. The van der Waals surface area contributed by atoms with Crippen molar-refractivity contribution in [2.24, 2.45) is 0 Å². The number of hydrogen-bond donors (Lipinski definition) is 1. The Labute approximate surface area is 112 Å². The van der Waals surface area contributed by atoms with Crippen molar-refractivity contribution in [2.75, 3.05) is 12.8 Å². The first-order valence-electron chi connectivity index (χ1n) is 5.94. The highest BCUT2D eigenvalue weighted by Gasteiger charge is 2.12. The molecule has 0 aliphatic heterocycles. The molecule has 1 aromatic carbocycles. The number of nitrogens with two attached hydrogens (primary N) is 1. The Balaban J connectivity index is 2.49. The molecule has 0 saturated heterocycles. The fourth-order valence-corrected chi connectivity index (χ4v) is 2.68. The van der Waals surface area contributed by atoms with E-state index in [4.69, 9.17) is 10.5 Å². The largest absolute Gasteiger partial charge is 0.496 e. The summed E-state index contributed by atoms with van der Waals surface area (Å²) >= 11 is 1.62. The summed E-state index contributed by atoms with van der Waals surface area (Å²) in [5.41, 5.74) is 8.10. The minimum Gasteiger partial charge on any atom is -0.496 e. The summed E-state index contributed by atoms with van der Waals surface area (Å²) in [5, 5.41) is 0.967. The van der Waals surface area contributed by atoms with Gasteiger partial charge in [-0.05, 0) is 36.6 Å². The molecular weight excluding hydrogens is 244 g/mol. The van der Waals surface area contributed by atoms with Gasteiger partial charge in [0.1, 0.15) is 16.6 Å². The van der Waals surface area contributed by atoms with Crippen LogP contribution in [0.5, 0.6) is 5.75 Å². The van der Waals surface area contributed by atoms with Crippen molar-refractivity contribution >= 4 is 17.2 Å². The molecule has 0 amide bonds. The van der Waals surface area contributed by atoms with Gasteiger partial charge < -0.3 is 10.5 Å². The van der Waals surface area contributed by atoms with Gasteiger partial charge in [-0.25, -0.2) is 4.98 Å². The Hall–Kier alpha value is -1.55. The van der Waals surface area contributed by atoms with Crippen LogP contribution in [-0.2, 0) is 0 Å². The van der Waals surface area contributed by atoms with E-state index < -0.39 is 0 Å². The van der Waals surface area contributed by atoms with Crippen molar-refractivity contribution < 1.29 is 4.74 Å². The van der Waals surface area contributed by atoms with Gasteiger partial charge in [0.2, 0.25) is 0 Å². The van der Waals surface area contributed by atoms with Crippen LogP contribution in [0.25, 0.3) is 10.6 Å². The van der Waals surface area contributed by atoms with Crippen molar-refractivity contribution in [3.05, 3.63) is 28.6 Å². The first-order valence-corrected chi connectivity index (χ1v) is 6.75. The molecule has 0 saturated carbocycles. The quantitative estimate of drug-likeness (QED) is 0.914. The Bertz CT molecular complexity index is 541. The zero-order valence-corrected chi connectivity index (χ0v) is 12.0. The van der Waals surface area contributed by atoms with Gasteiger partial charge in [0, 0.05) is 10.4 Å². The van der Waals surface area contributed by atoms with Gasteiger partial charge in [-0.15, -0.1) is 11.3 Å². The summed E-state index contributed by atoms with van der Waals surface area (Å²) in [6.45, 7) is 6.30. The predicted octanol–water partition coefficient (Wildman–Crippen LogP) is 3.83. The van der Waals surface area contributed by atoms with Crippen molar-refractivity contribution in [3.63, 3.8) is 0 Å². The van der Waals surface area contributed by atoms with Gasteiger partial charge in [-0.1, -0.05) is 13.8 Å². The number of methoxy groups -OCH3 is 1. The molecule has 96 valence electrons. The van der Waals surface area contributed by atoms with Crippen LogP contribution in [0.4, 0.5) is 5.82 Å². The maximum absolute atomic E-state index is 5.81. The van der Waals surface area contributed by atoms with Gasteiger partial charge >= 0.3 is 0 Å². The molecule has 0 unspecified atom stereocenters. The molecule has 2 rings (SSSR count). The van der Waals surface area contributed by atoms with E-state index in [0.717, 1.165) is 21.2 Å². The molecule has 2 N–H and O–H groups in total. The zero-order chi connectivity index (χ0) is 13.3. The van der Waals surface area contributed by atoms with Gasteiger partial charge in [-0.2, -0.15) is 0 Å². The summed E-state index contributed by atoms with van der Waals surface area (Å²) < 4.78 is 5.38. The number of aryl methyl sites for hydroxylation is 1. The number of benzene rings is 1. The van der Waals surface area contributed by atoms with E-state index in [2.05, 4.69) is 24.9 Å². The monoisotopic (exact) mass is 262 g/mol. The Morgan fingerprint density at radius 1 is 1.33 bits per heavy atom. The van der Waals surface area contributed by atoms with Crippen LogP contribution in [-0.4, -0.2) is 12.1 Å². The van der Waals surface area contributed by atoms with E-state index in [1.54, 1.807) is 18.4 Å². The van der Waals surface area contributed by atoms with Gasteiger partial charge in [0.25, 0.3) is 0 Å². The highest BCUT2D eigenvalue weighted by Crippen LogP contribution is 2.34. The highest BCUT2D eigenvalue weighted by atomic mass is 32.1. The lowest BCUT2D eigenvalue weighted by Gasteiger charge is -2.12. The normalized spacial score (nSPS) is 10.9. The maximum Gasteiger partial charge on any atom is 0.138 e. The molecular formula is C14H18N2OS. The Kier molecular flexibility index (Phi) is 3.57. The minimum atomic E-state index is 0.415. The maximum atomic E-state index is 5.81. The summed E-state index contributed by atoms with van der Waals surface area (Å²) in [5.74, 6) is 1.96.